The number of aromatic nitrogens is 1. The molecule has 0 radical (unpaired) electrons. The molecule has 2 nitrogen and oxygen atoms in total. The molecule has 0 N–H and O–H groups in total. The van der Waals surface area contributed by atoms with Gasteiger partial charge in [0.15, 0.2) is 5.06 Å². The Bertz CT molecular complexity index is 1520. The van der Waals surface area contributed by atoms with Crippen molar-refractivity contribution in [1.29, 1.82) is 0 Å². The maximum Gasteiger partial charge on any atom is 0.183 e. The van der Waals surface area contributed by atoms with Gasteiger partial charge < -0.3 is 4.74 Å². The van der Waals surface area contributed by atoms with E-state index >= 15 is 0 Å². The lowest BCUT2D eigenvalue weighted by molar-refractivity contribution is 0.429. The van der Waals surface area contributed by atoms with Crippen molar-refractivity contribution in [3.05, 3.63) is 84.2 Å². The maximum absolute atomic E-state index is 5.86. The number of nitrogens with zero attached hydrogens (tertiary/aromatic N) is 1. The van der Waals surface area contributed by atoms with Crippen LogP contribution in [0.2, 0.25) is 0 Å². The van der Waals surface area contributed by atoms with Crippen molar-refractivity contribution < 1.29 is 4.74 Å². The molecule has 0 atom stereocenters. The smallest absolute Gasteiger partial charge is 0.183 e. The van der Waals surface area contributed by atoms with Gasteiger partial charge in [-0.15, -0.1) is 22.7 Å². The van der Waals surface area contributed by atoms with Crippen molar-refractivity contribution in [1.82, 2.24) is 4.98 Å². The minimum atomic E-state index is 0.935. The molecule has 5 heteroatoms. The molecular weight excluding hydrogens is 438 g/mol. The summed E-state index contributed by atoms with van der Waals surface area (Å²) in [6.07, 6.45) is 0. The topological polar surface area (TPSA) is 22.1 Å². The SMILES string of the molecule is COc1sc2ccccc2c1-c1sc(-c2ccccc2)nc1-c1csc2ccccc12. The zero-order valence-corrected chi connectivity index (χ0v) is 19.1. The van der Waals surface area contributed by atoms with Crippen molar-refractivity contribution >= 4 is 54.2 Å². The van der Waals surface area contributed by atoms with Crippen LogP contribution in [0.5, 0.6) is 5.06 Å². The summed E-state index contributed by atoms with van der Waals surface area (Å²) >= 11 is 5.20. The first kappa shape index (κ1) is 18.8. The Hall–Kier alpha value is -2.99. The fourth-order valence-corrected chi connectivity index (χ4v) is 7.09. The zero-order chi connectivity index (χ0) is 20.8. The number of methoxy groups -OCH3 is 1. The zero-order valence-electron chi connectivity index (χ0n) is 16.7. The summed E-state index contributed by atoms with van der Waals surface area (Å²) in [7, 11) is 1.76. The average molecular weight is 456 g/mol. The van der Waals surface area contributed by atoms with E-state index in [9.17, 15) is 0 Å². The van der Waals surface area contributed by atoms with Crippen molar-refractivity contribution in [3.63, 3.8) is 0 Å². The van der Waals surface area contributed by atoms with Crippen molar-refractivity contribution in [2.24, 2.45) is 0 Å². The highest BCUT2D eigenvalue weighted by Crippen LogP contribution is 2.51. The number of ether oxygens (including phenoxy) is 1. The maximum atomic E-state index is 5.86. The molecule has 3 heterocycles. The van der Waals surface area contributed by atoms with E-state index in [0.29, 0.717) is 0 Å². The van der Waals surface area contributed by atoms with Crippen molar-refractivity contribution in [3.8, 4) is 37.3 Å². The van der Waals surface area contributed by atoms with Crippen LogP contribution in [-0.2, 0) is 0 Å². The van der Waals surface area contributed by atoms with Crippen molar-refractivity contribution in [2.75, 3.05) is 7.11 Å². The molecule has 0 aliphatic carbocycles. The Morgan fingerprint density at radius 1 is 0.742 bits per heavy atom. The molecule has 0 bridgehead atoms. The molecule has 3 aromatic carbocycles. The van der Waals surface area contributed by atoms with Gasteiger partial charge in [0.2, 0.25) is 0 Å². The second-order valence-corrected chi connectivity index (χ2v) is 10.1. The van der Waals surface area contributed by atoms with Crippen molar-refractivity contribution in [2.45, 2.75) is 0 Å². The fraction of sp³-hybridized carbons (Fsp3) is 0.0385. The largest absolute Gasteiger partial charge is 0.487 e. The van der Waals surface area contributed by atoms with Gasteiger partial charge in [-0.1, -0.05) is 78.1 Å². The summed E-state index contributed by atoms with van der Waals surface area (Å²) in [6.45, 7) is 0. The van der Waals surface area contributed by atoms with Gasteiger partial charge in [-0.25, -0.2) is 4.98 Å². The van der Waals surface area contributed by atoms with Gasteiger partial charge in [-0.05, 0) is 12.1 Å². The highest BCUT2D eigenvalue weighted by molar-refractivity contribution is 7.23. The van der Waals surface area contributed by atoms with E-state index in [1.807, 2.05) is 6.07 Å². The molecule has 0 fully saturated rings. The van der Waals surface area contributed by atoms with Gasteiger partial charge in [0, 0.05) is 36.7 Å². The van der Waals surface area contributed by atoms with E-state index in [0.717, 1.165) is 31.8 Å². The third kappa shape index (κ3) is 3.08. The first-order valence-corrected chi connectivity index (χ1v) is 12.4. The number of thiazole rings is 1. The van der Waals surface area contributed by atoms with E-state index in [1.54, 1.807) is 41.1 Å². The summed E-state index contributed by atoms with van der Waals surface area (Å²) in [5.41, 5.74) is 4.50. The third-order valence-corrected chi connectivity index (χ3v) is 8.58. The molecule has 3 aromatic heterocycles. The second kappa shape index (κ2) is 7.61. The van der Waals surface area contributed by atoms with Gasteiger partial charge >= 0.3 is 0 Å². The van der Waals surface area contributed by atoms with Crippen LogP contribution in [0.4, 0.5) is 0 Å². The molecule has 0 aliphatic rings. The summed E-state index contributed by atoms with van der Waals surface area (Å²) in [5.74, 6) is 0. The highest BCUT2D eigenvalue weighted by Gasteiger charge is 2.24. The van der Waals surface area contributed by atoms with Gasteiger partial charge in [0.1, 0.15) is 5.01 Å². The minimum Gasteiger partial charge on any atom is -0.487 e. The Morgan fingerprint density at radius 3 is 2.26 bits per heavy atom. The predicted molar refractivity (Wildman–Crippen MR) is 136 cm³/mol. The van der Waals surface area contributed by atoms with Crippen LogP contribution in [0.25, 0.3) is 52.4 Å². The summed E-state index contributed by atoms with van der Waals surface area (Å²) in [5, 5.41) is 6.66. The molecule has 150 valence electrons. The molecule has 6 aromatic rings. The van der Waals surface area contributed by atoms with Crippen LogP contribution in [0, 0.1) is 0 Å². The van der Waals surface area contributed by atoms with E-state index in [4.69, 9.17) is 9.72 Å². The quantitative estimate of drug-likeness (QED) is 0.265. The summed E-state index contributed by atoms with van der Waals surface area (Å²) < 4.78 is 8.36. The normalized spacial score (nSPS) is 11.4. The average Bonchev–Trinajstić information content (AvgIpc) is 3.53. The standard InChI is InChI=1S/C26H17NOS3/c1-28-26-22(18-12-6-8-14-21(18)30-26)24-23(19-15-29-20-13-7-5-11-17(19)20)27-25(31-24)16-9-3-2-4-10-16/h2-15H,1H3. The minimum absolute atomic E-state index is 0.935. The van der Waals surface area contributed by atoms with E-state index < -0.39 is 0 Å². The second-order valence-electron chi connectivity index (χ2n) is 7.17. The molecule has 0 unspecified atom stereocenters. The van der Waals surface area contributed by atoms with E-state index in [-0.39, 0.29) is 0 Å². The molecule has 0 spiro atoms. The van der Waals surface area contributed by atoms with E-state index in [1.165, 1.54) is 25.7 Å². The van der Waals surface area contributed by atoms with Crippen LogP contribution in [0.15, 0.2) is 84.2 Å². The number of hydrogen-bond acceptors (Lipinski definition) is 5. The van der Waals surface area contributed by atoms with E-state index in [2.05, 4.69) is 78.2 Å². The van der Waals surface area contributed by atoms with Crippen LogP contribution in [-0.4, -0.2) is 12.1 Å². The van der Waals surface area contributed by atoms with Gasteiger partial charge in [-0.3, -0.25) is 0 Å². The molecule has 0 saturated heterocycles. The van der Waals surface area contributed by atoms with Gasteiger partial charge in [-0.2, -0.15) is 0 Å². The Morgan fingerprint density at radius 2 is 1.45 bits per heavy atom. The molecule has 0 saturated carbocycles. The first-order valence-electron chi connectivity index (χ1n) is 9.92. The number of benzene rings is 3. The predicted octanol–water partition coefficient (Wildman–Crippen LogP) is 8.58. The van der Waals surface area contributed by atoms with Crippen LogP contribution in [0.3, 0.4) is 0 Å². The van der Waals surface area contributed by atoms with Crippen LogP contribution >= 0.6 is 34.0 Å². The molecular formula is C26H17NOS3. The van der Waals surface area contributed by atoms with Crippen LogP contribution in [0.1, 0.15) is 0 Å². The molecule has 0 aliphatic heterocycles. The van der Waals surface area contributed by atoms with Crippen LogP contribution < -0.4 is 4.74 Å². The Balaban J connectivity index is 1.68. The fourth-order valence-electron chi connectivity index (χ4n) is 3.92. The lowest BCUT2D eigenvalue weighted by Crippen LogP contribution is -1.84. The monoisotopic (exact) mass is 455 g/mol. The summed E-state index contributed by atoms with van der Waals surface area (Å²) in [4.78, 5) is 6.35. The number of rotatable bonds is 4. The van der Waals surface area contributed by atoms with Gasteiger partial charge in [0.05, 0.1) is 23.2 Å². The third-order valence-electron chi connectivity index (χ3n) is 5.36. The molecule has 31 heavy (non-hydrogen) atoms. The summed E-state index contributed by atoms with van der Waals surface area (Å²) in [6, 6.07) is 27.5. The Kier molecular flexibility index (Phi) is 4.60. The highest BCUT2D eigenvalue weighted by atomic mass is 32.1. The molecule has 0 amide bonds. The molecule has 6 rings (SSSR count). The van der Waals surface area contributed by atoms with Gasteiger partial charge in [0.25, 0.3) is 0 Å². The first-order chi connectivity index (χ1) is 15.3. The Labute approximate surface area is 192 Å². The lowest BCUT2D eigenvalue weighted by Gasteiger charge is -2.04. The number of fused-ring (bicyclic) bond motifs is 2. The lowest BCUT2D eigenvalue weighted by atomic mass is 10.0. The number of hydrogen-bond donors (Lipinski definition) is 0. The number of thiophene rings is 2.